The number of carbonyl (C=O) groups is 1. The summed E-state index contributed by atoms with van der Waals surface area (Å²) in [7, 11) is 1.45. The Bertz CT molecular complexity index is 1140. The number of ether oxygens (including phenoxy) is 3. The highest BCUT2D eigenvalue weighted by Gasteiger charge is 2.31. The van der Waals surface area contributed by atoms with Crippen molar-refractivity contribution in [1.29, 1.82) is 0 Å². The first-order chi connectivity index (χ1) is 16.1. The van der Waals surface area contributed by atoms with E-state index in [4.69, 9.17) is 14.2 Å². The van der Waals surface area contributed by atoms with Crippen molar-refractivity contribution in [1.82, 2.24) is 14.5 Å². The summed E-state index contributed by atoms with van der Waals surface area (Å²) in [6.07, 6.45) is -5.71. The van der Waals surface area contributed by atoms with E-state index in [0.29, 0.717) is 16.6 Å². The number of hydrogen-bond donors (Lipinski definition) is 1. The van der Waals surface area contributed by atoms with Crippen LogP contribution in [-0.2, 0) is 26.4 Å². The predicted molar refractivity (Wildman–Crippen MR) is 115 cm³/mol. The van der Waals surface area contributed by atoms with Gasteiger partial charge in [-0.25, -0.2) is 9.36 Å². The Balaban J connectivity index is 1.96. The maximum Gasteiger partial charge on any atom is 0.507 e. The van der Waals surface area contributed by atoms with Gasteiger partial charge in [-0.3, -0.25) is 4.98 Å². The van der Waals surface area contributed by atoms with Gasteiger partial charge in [0.15, 0.2) is 18.6 Å². The number of carboxylic acid groups (broad SMARTS) is 1. The number of para-hydroxylation sites is 2. The average molecular weight is 501 g/mol. The molecule has 3 aromatic rings. The standard InChI is InChI=1S/C21H22F3N3O6S/c1-13-15(25-9-7-17(13)32-12-21(22,23)24)11-34(30)19-26-14-5-3-4-6-16(14)27(19)18(8-10-31-2)33-20(28)29/h3-7,9,18H,8,10-12H2,1-2H3,(H,28,29). The van der Waals surface area contributed by atoms with Gasteiger partial charge < -0.3 is 23.9 Å². The summed E-state index contributed by atoms with van der Waals surface area (Å²) < 4.78 is 67.4. The first kappa shape index (κ1) is 25.6. The highest BCUT2D eigenvalue weighted by atomic mass is 32.2. The number of alkyl halides is 3. The Labute approximate surface area is 195 Å². The van der Waals surface area contributed by atoms with Crippen LogP contribution < -0.4 is 4.74 Å². The number of pyridine rings is 1. The van der Waals surface area contributed by atoms with Crippen molar-refractivity contribution in [2.24, 2.45) is 0 Å². The van der Waals surface area contributed by atoms with E-state index < -0.39 is 36.3 Å². The van der Waals surface area contributed by atoms with E-state index in [1.165, 1.54) is 30.9 Å². The van der Waals surface area contributed by atoms with Crippen LogP contribution in [0.25, 0.3) is 11.0 Å². The van der Waals surface area contributed by atoms with Crippen LogP contribution in [0.3, 0.4) is 0 Å². The number of nitrogens with zero attached hydrogens (tertiary/aromatic N) is 3. The van der Waals surface area contributed by atoms with E-state index in [1.807, 2.05) is 0 Å². The van der Waals surface area contributed by atoms with Crippen LogP contribution in [0.5, 0.6) is 5.75 Å². The molecule has 0 aliphatic carbocycles. The van der Waals surface area contributed by atoms with E-state index >= 15 is 0 Å². The molecule has 9 nitrogen and oxygen atoms in total. The highest BCUT2D eigenvalue weighted by molar-refractivity contribution is 7.90. The van der Waals surface area contributed by atoms with Crippen LogP contribution in [0, 0.1) is 6.92 Å². The quantitative estimate of drug-likeness (QED) is 0.324. The van der Waals surface area contributed by atoms with E-state index in [2.05, 4.69) is 9.97 Å². The molecule has 0 spiro atoms. The third-order valence-corrected chi connectivity index (χ3v) is 6.01. The van der Waals surface area contributed by atoms with Gasteiger partial charge in [-0.1, -0.05) is 12.1 Å². The van der Waals surface area contributed by atoms with Crippen LogP contribution in [0.2, 0.25) is 0 Å². The molecule has 0 saturated heterocycles. The van der Waals surface area contributed by atoms with Gasteiger partial charge in [0.25, 0.3) is 0 Å². The molecule has 34 heavy (non-hydrogen) atoms. The molecular weight excluding hydrogens is 479 g/mol. The summed E-state index contributed by atoms with van der Waals surface area (Å²) in [5.41, 5.74) is 1.53. The number of methoxy groups -OCH3 is 1. The van der Waals surface area contributed by atoms with Gasteiger partial charge >= 0.3 is 17.5 Å². The van der Waals surface area contributed by atoms with Crippen molar-refractivity contribution in [3.63, 3.8) is 0 Å². The molecule has 0 fully saturated rings. The van der Waals surface area contributed by atoms with Crippen molar-refractivity contribution in [3.8, 4) is 5.75 Å². The van der Waals surface area contributed by atoms with Gasteiger partial charge in [0.1, 0.15) is 5.75 Å². The monoisotopic (exact) mass is 501 g/mol. The van der Waals surface area contributed by atoms with Crippen molar-refractivity contribution < 1.29 is 41.8 Å². The SMILES string of the molecule is COCCC(OC(=O)O)n1c([S+]([O-])Cc2nccc(OCC(F)(F)F)c2C)nc2ccccc21. The number of fused-ring (bicyclic) bond motifs is 1. The molecule has 1 N–H and O–H groups in total. The van der Waals surface area contributed by atoms with Crippen LogP contribution in [0.1, 0.15) is 23.9 Å². The minimum atomic E-state index is -4.51. The molecule has 184 valence electrons. The molecule has 2 heterocycles. The van der Waals surface area contributed by atoms with Gasteiger partial charge in [0.2, 0.25) is 0 Å². The van der Waals surface area contributed by atoms with Gasteiger partial charge in [-0.05, 0) is 25.1 Å². The lowest BCUT2D eigenvalue weighted by molar-refractivity contribution is -0.153. The van der Waals surface area contributed by atoms with Crippen LogP contribution in [0.15, 0.2) is 41.7 Å². The van der Waals surface area contributed by atoms with Gasteiger partial charge in [0, 0.05) is 36.5 Å². The smallest absolute Gasteiger partial charge is 0.507 e. The first-order valence-electron chi connectivity index (χ1n) is 9.98. The lowest BCUT2D eigenvalue weighted by atomic mass is 10.2. The maximum absolute atomic E-state index is 13.4. The fourth-order valence-electron chi connectivity index (χ4n) is 3.25. The van der Waals surface area contributed by atoms with Crippen molar-refractivity contribution in [2.75, 3.05) is 20.3 Å². The minimum Gasteiger partial charge on any atom is -0.609 e. The largest absolute Gasteiger partial charge is 0.609 e. The van der Waals surface area contributed by atoms with E-state index in [1.54, 1.807) is 24.3 Å². The zero-order valence-electron chi connectivity index (χ0n) is 18.2. The van der Waals surface area contributed by atoms with Crippen molar-refractivity contribution in [2.45, 2.75) is 36.7 Å². The third-order valence-electron chi connectivity index (χ3n) is 4.78. The lowest BCUT2D eigenvalue weighted by Crippen LogP contribution is -2.23. The summed E-state index contributed by atoms with van der Waals surface area (Å²) in [4.78, 5) is 19.9. The van der Waals surface area contributed by atoms with E-state index in [-0.39, 0.29) is 35.4 Å². The van der Waals surface area contributed by atoms with Gasteiger partial charge in [-0.15, -0.1) is 0 Å². The molecule has 0 bridgehead atoms. The highest BCUT2D eigenvalue weighted by Crippen LogP contribution is 2.30. The zero-order valence-corrected chi connectivity index (χ0v) is 19.1. The fraction of sp³-hybridized carbons (Fsp3) is 0.381. The van der Waals surface area contributed by atoms with E-state index in [0.717, 1.165) is 0 Å². The number of aromatic nitrogens is 3. The van der Waals surface area contributed by atoms with Crippen LogP contribution in [-0.4, -0.2) is 56.8 Å². The Kier molecular flexibility index (Phi) is 8.23. The molecule has 2 unspecified atom stereocenters. The number of rotatable bonds is 10. The molecule has 2 aromatic heterocycles. The summed E-state index contributed by atoms with van der Waals surface area (Å²) in [6.45, 7) is 0.211. The Morgan fingerprint density at radius 1 is 1.29 bits per heavy atom. The average Bonchev–Trinajstić information content (AvgIpc) is 3.16. The molecule has 3 rings (SSSR count). The topological polar surface area (TPSA) is 119 Å². The lowest BCUT2D eigenvalue weighted by Gasteiger charge is -2.21. The normalized spacial score (nSPS) is 13.6. The fourth-order valence-corrected chi connectivity index (χ4v) is 4.55. The van der Waals surface area contributed by atoms with Crippen LogP contribution in [0.4, 0.5) is 18.0 Å². The van der Waals surface area contributed by atoms with Crippen molar-refractivity contribution >= 4 is 28.4 Å². The van der Waals surface area contributed by atoms with Crippen LogP contribution >= 0.6 is 0 Å². The molecule has 2 atom stereocenters. The summed E-state index contributed by atoms with van der Waals surface area (Å²) in [5, 5.41) is 9.25. The maximum atomic E-state index is 13.4. The number of hydrogen-bond acceptors (Lipinski definition) is 7. The molecular formula is C21H22F3N3O6S. The second kappa shape index (κ2) is 10.9. The molecule has 0 radical (unpaired) electrons. The molecule has 0 saturated carbocycles. The van der Waals surface area contributed by atoms with E-state index in [9.17, 15) is 27.6 Å². The molecule has 0 aliphatic rings. The Morgan fingerprint density at radius 3 is 2.71 bits per heavy atom. The summed E-state index contributed by atoms with van der Waals surface area (Å²) in [6, 6.07) is 8.10. The number of halogens is 3. The molecule has 0 aliphatic heterocycles. The van der Waals surface area contributed by atoms with Gasteiger partial charge in [0.05, 0.1) is 23.3 Å². The molecule has 0 amide bonds. The number of benzene rings is 1. The molecule has 13 heteroatoms. The zero-order chi connectivity index (χ0) is 24.9. The first-order valence-corrected chi connectivity index (χ1v) is 11.3. The Morgan fingerprint density at radius 2 is 2.03 bits per heavy atom. The third kappa shape index (κ3) is 6.30. The predicted octanol–water partition coefficient (Wildman–Crippen LogP) is 4.22. The Hall–Kier alpha value is -3.03. The second-order valence-corrected chi connectivity index (χ2v) is 8.49. The van der Waals surface area contributed by atoms with Gasteiger partial charge in [-0.2, -0.15) is 18.2 Å². The summed E-state index contributed by atoms with van der Waals surface area (Å²) in [5.74, 6) is -0.220. The second-order valence-electron chi connectivity index (χ2n) is 7.15. The number of imidazole rings is 1. The summed E-state index contributed by atoms with van der Waals surface area (Å²) >= 11 is -1.86. The minimum absolute atomic E-state index is 0.0278. The van der Waals surface area contributed by atoms with Crippen molar-refractivity contribution in [3.05, 3.63) is 47.8 Å². The molecule has 1 aromatic carbocycles.